The minimum Gasteiger partial charge on any atom is -0.494 e. The first-order valence-corrected chi connectivity index (χ1v) is 6.95. The Bertz CT molecular complexity index is 426. The minimum absolute atomic E-state index is 0.122. The van der Waals surface area contributed by atoms with Crippen molar-refractivity contribution in [1.29, 1.82) is 0 Å². The van der Waals surface area contributed by atoms with Gasteiger partial charge in [0.25, 0.3) is 0 Å². The van der Waals surface area contributed by atoms with Crippen LogP contribution in [-0.4, -0.2) is 30.8 Å². The highest BCUT2D eigenvalue weighted by Gasteiger charge is 2.02. The normalized spacial score (nSPS) is 12.3. The van der Waals surface area contributed by atoms with Crippen molar-refractivity contribution in [2.75, 3.05) is 19.8 Å². The average Bonchev–Trinajstić information content (AvgIpc) is 2.45. The van der Waals surface area contributed by atoms with Crippen LogP contribution < -0.4 is 10.1 Å². The monoisotopic (exact) mass is 277 g/mol. The van der Waals surface area contributed by atoms with E-state index in [1.54, 1.807) is 6.08 Å². The molecule has 1 unspecified atom stereocenters. The molecule has 0 radical (unpaired) electrons. The summed E-state index contributed by atoms with van der Waals surface area (Å²) in [7, 11) is 0. The maximum absolute atomic E-state index is 11.6. The first-order chi connectivity index (χ1) is 9.65. The van der Waals surface area contributed by atoms with Gasteiger partial charge in [-0.15, -0.1) is 0 Å². The van der Waals surface area contributed by atoms with Crippen molar-refractivity contribution in [2.45, 2.75) is 20.3 Å². The molecule has 4 heteroatoms. The fourth-order valence-corrected chi connectivity index (χ4v) is 1.67. The van der Waals surface area contributed by atoms with Gasteiger partial charge in [-0.25, -0.2) is 0 Å². The van der Waals surface area contributed by atoms with E-state index in [0.29, 0.717) is 19.6 Å². The van der Waals surface area contributed by atoms with Crippen LogP contribution in [0.15, 0.2) is 30.3 Å². The van der Waals surface area contributed by atoms with Gasteiger partial charge in [0.1, 0.15) is 5.75 Å². The molecule has 4 nitrogen and oxygen atoms in total. The molecule has 0 spiro atoms. The van der Waals surface area contributed by atoms with E-state index in [0.717, 1.165) is 11.3 Å². The first kappa shape index (κ1) is 16.2. The highest BCUT2D eigenvalue weighted by Crippen LogP contribution is 2.12. The summed E-state index contributed by atoms with van der Waals surface area (Å²) in [6.45, 7) is 5.30. The molecule has 1 rings (SSSR count). The predicted molar refractivity (Wildman–Crippen MR) is 80.5 cm³/mol. The third-order valence-electron chi connectivity index (χ3n) is 2.86. The van der Waals surface area contributed by atoms with Gasteiger partial charge < -0.3 is 15.2 Å². The van der Waals surface area contributed by atoms with E-state index in [1.807, 2.05) is 38.1 Å². The van der Waals surface area contributed by atoms with Crippen molar-refractivity contribution >= 4 is 12.0 Å². The molecule has 1 aromatic rings. The number of aliphatic hydroxyl groups excluding tert-OH is 1. The van der Waals surface area contributed by atoms with Crippen LogP contribution in [0.1, 0.15) is 25.8 Å². The fourth-order valence-electron chi connectivity index (χ4n) is 1.67. The van der Waals surface area contributed by atoms with Crippen LogP contribution in [-0.2, 0) is 4.79 Å². The summed E-state index contributed by atoms with van der Waals surface area (Å²) in [5, 5.41) is 11.6. The average molecular weight is 277 g/mol. The second-order valence-corrected chi connectivity index (χ2v) is 4.70. The lowest BCUT2D eigenvalue weighted by molar-refractivity contribution is -0.116. The van der Waals surface area contributed by atoms with E-state index >= 15 is 0 Å². The van der Waals surface area contributed by atoms with Gasteiger partial charge in [-0.2, -0.15) is 0 Å². The van der Waals surface area contributed by atoms with Crippen molar-refractivity contribution in [3.05, 3.63) is 35.9 Å². The summed E-state index contributed by atoms with van der Waals surface area (Å²) in [5.41, 5.74) is 0.951. The van der Waals surface area contributed by atoms with Gasteiger partial charge in [0, 0.05) is 19.2 Å². The van der Waals surface area contributed by atoms with Crippen molar-refractivity contribution in [2.24, 2.45) is 5.92 Å². The molecule has 1 atom stereocenters. The second-order valence-electron chi connectivity index (χ2n) is 4.70. The van der Waals surface area contributed by atoms with E-state index in [4.69, 9.17) is 9.84 Å². The Kier molecular flexibility index (Phi) is 7.43. The molecule has 2 N–H and O–H groups in total. The number of hydrogen-bond acceptors (Lipinski definition) is 3. The molecule has 0 fully saturated rings. The largest absolute Gasteiger partial charge is 0.494 e. The summed E-state index contributed by atoms with van der Waals surface area (Å²) in [4.78, 5) is 11.6. The molecule has 110 valence electrons. The number of carbonyl (C=O) groups excluding carboxylic acids is 1. The molecule has 0 aliphatic rings. The molecule has 1 aromatic carbocycles. The highest BCUT2D eigenvalue weighted by molar-refractivity contribution is 5.91. The number of hydrogen-bond donors (Lipinski definition) is 2. The third-order valence-corrected chi connectivity index (χ3v) is 2.86. The summed E-state index contributed by atoms with van der Waals surface area (Å²) in [5.74, 6) is 0.985. The van der Waals surface area contributed by atoms with Gasteiger partial charge in [-0.1, -0.05) is 19.1 Å². The molecule has 20 heavy (non-hydrogen) atoms. The Morgan fingerprint density at radius 2 is 2.10 bits per heavy atom. The first-order valence-electron chi connectivity index (χ1n) is 6.95. The minimum atomic E-state index is -0.122. The molecular formula is C16H23NO3. The lowest BCUT2D eigenvalue weighted by Crippen LogP contribution is -2.26. The number of nitrogens with one attached hydrogen (secondary N) is 1. The van der Waals surface area contributed by atoms with Crippen LogP contribution in [0.3, 0.4) is 0 Å². The van der Waals surface area contributed by atoms with Crippen molar-refractivity contribution in [3.63, 3.8) is 0 Å². The van der Waals surface area contributed by atoms with Crippen molar-refractivity contribution < 1.29 is 14.6 Å². The molecular weight excluding hydrogens is 254 g/mol. The molecule has 0 aliphatic heterocycles. The van der Waals surface area contributed by atoms with E-state index in [-0.39, 0.29) is 18.4 Å². The van der Waals surface area contributed by atoms with Gasteiger partial charge in [0.2, 0.25) is 5.91 Å². The molecule has 0 saturated carbocycles. The number of ether oxygens (including phenoxy) is 1. The lowest BCUT2D eigenvalue weighted by atomic mass is 10.1. The number of rotatable bonds is 8. The quantitative estimate of drug-likeness (QED) is 0.716. The molecule has 0 heterocycles. The lowest BCUT2D eigenvalue weighted by Gasteiger charge is -2.09. The zero-order chi connectivity index (χ0) is 14.8. The molecule has 0 bridgehead atoms. The van der Waals surface area contributed by atoms with E-state index in [2.05, 4.69) is 5.32 Å². The smallest absolute Gasteiger partial charge is 0.244 e. The maximum atomic E-state index is 11.6. The van der Waals surface area contributed by atoms with Gasteiger partial charge in [-0.05, 0) is 43.0 Å². The zero-order valence-corrected chi connectivity index (χ0v) is 12.1. The Morgan fingerprint density at radius 3 is 2.70 bits per heavy atom. The van der Waals surface area contributed by atoms with Gasteiger partial charge >= 0.3 is 0 Å². The Balaban J connectivity index is 2.40. The summed E-state index contributed by atoms with van der Waals surface area (Å²) in [6, 6.07) is 7.57. The number of amides is 1. The van der Waals surface area contributed by atoms with Crippen molar-refractivity contribution in [3.8, 4) is 5.75 Å². The van der Waals surface area contributed by atoms with Crippen LogP contribution in [0, 0.1) is 5.92 Å². The fraction of sp³-hybridized carbons (Fsp3) is 0.438. The maximum Gasteiger partial charge on any atom is 0.244 e. The van der Waals surface area contributed by atoms with E-state index in [1.165, 1.54) is 6.08 Å². The molecule has 0 aliphatic carbocycles. The standard InChI is InChI=1S/C16H23NO3/c1-3-20-15-7-4-14(5-8-15)6-9-16(19)17-12-13(2)10-11-18/h4-9,13,18H,3,10-12H2,1-2H3,(H,17,19)/b9-6+. The summed E-state index contributed by atoms with van der Waals surface area (Å²) < 4.78 is 5.35. The number of aliphatic hydroxyl groups is 1. The summed E-state index contributed by atoms with van der Waals surface area (Å²) >= 11 is 0. The van der Waals surface area contributed by atoms with Crippen LogP contribution in [0.2, 0.25) is 0 Å². The summed E-state index contributed by atoms with van der Waals surface area (Å²) in [6.07, 6.45) is 3.98. The molecule has 1 amide bonds. The molecule has 0 aromatic heterocycles. The predicted octanol–water partition coefficient (Wildman–Crippen LogP) is 2.23. The molecule has 0 saturated heterocycles. The van der Waals surface area contributed by atoms with Crippen LogP contribution in [0.5, 0.6) is 5.75 Å². The Labute approximate surface area is 120 Å². The second kappa shape index (κ2) is 9.15. The van der Waals surface area contributed by atoms with Crippen molar-refractivity contribution in [1.82, 2.24) is 5.32 Å². The van der Waals surface area contributed by atoms with Crippen LogP contribution >= 0.6 is 0 Å². The van der Waals surface area contributed by atoms with E-state index < -0.39 is 0 Å². The topological polar surface area (TPSA) is 58.6 Å². The van der Waals surface area contributed by atoms with Crippen LogP contribution in [0.25, 0.3) is 6.08 Å². The Morgan fingerprint density at radius 1 is 1.40 bits per heavy atom. The van der Waals surface area contributed by atoms with Gasteiger partial charge in [0.15, 0.2) is 0 Å². The Hall–Kier alpha value is -1.81. The van der Waals surface area contributed by atoms with Crippen LogP contribution in [0.4, 0.5) is 0 Å². The third kappa shape index (κ3) is 6.38. The highest BCUT2D eigenvalue weighted by atomic mass is 16.5. The van der Waals surface area contributed by atoms with E-state index in [9.17, 15) is 4.79 Å². The van der Waals surface area contributed by atoms with Gasteiger partial charge in [-0.3, -0.25) is 4.79 Å². The zero-order valence-electron chi connectivity index (χ0n) is 12.1. The number of benzene rings is 1. The number of carbonyl (C=O) groups is 1. The SMILES string of the molecule is CCOc1ccc(/C=C/C(=O)NCC(C)CCO)cc1. The van der Waals surface area contributed by atoms with Gasteiger partial charge in [0.05, 0.1) is 6.61 Å².